The summed E-state index contributed by atoms with van der Waals surface area (Å²) >= 11 is 5.08. The summed E-state index contributed by atoms with van der Waals surface area (Å²) in [7, 11) is 3.19. The van der Waals surface area contributed by atoms with E-state index in [1.54, 1.807) is 14.1 Å². The van der Waals surface area contributed by atoms with Gasteiger partial charge in [0, 0.05) is 44.0 Å². The molecule has 6 nitrogen and oxygen atoms in total. The minimum Gasteiger partial charge on any atom is -0.494 e. The molecule has 24 heavy (non-hydrogen) atoms. The molecule has 0 unspecified atom stereocenters. The molecule has 0 aliphatic heterocycles. The smallest absolute Gasteiger partial charge is 0.266 e. The monoisotopic (exact) mass is 342 g/mol. The van der Waals surface area contributed by atoms with E-state index in [2.05, 4.69) is 16.0 Å². The Morgan fingerprint density at radius 2 is 2.04 bits per heavy atom. The summed E-state index contributed by atoms with van der Waals surface area (Å²) < 4.78 is 2.96. The zero-order valence-corrected chi connectivity index (χ0v) is 14.3. The maximum atomic E-state index is 12.2. The molecular weight excluding hydrogens is 324 g/mol. The quantitative estimate of drug-likeness (QED) is 0.564. The van der Waals surface area contributed by atoms with E-state index in [1.807, 2.05) is 24.4 Å². The van der Waals surface area contributed by atoms with E-state index in [0.717, 1.165) is 11.9 Å². The van der Waals surface area contributed by atoms with Crippen molar-refractivity contribution in [1.29, 1.82) is 0 Å². The third-order valence-corrected chi connectivity index (χ3v) is 4.62. The van der Waals surface area contributed by atoms with Crippen LogP contribution in [0.2, 0.25) is 0 Å². The summed E-state index contributed by atoms with van der Waals surface area (Å²) in [6.45, 7) is 0.518. The average Bonchev–Trinajstić information content (AvgIpc) is 3.01. The largest absolute Gasteiger partial charge is 0.494 e. The van der Waals surface area contributed by atoms with E-state index in [0.29, 0.717) is 6.54 Å². The van der Waals surface area contributed by atoms with Gasteiger partial charge in [-0.1, -0.05) is 18.2 Å². The van der Waals surface area contributed by atoms with Gasteiger partial charge in [-0.05, 0) is 30.3 Å². The van der Waals surface area contributed by atoms with Crippen molar-refractivity contribution in [2.75, 3.05) is 6.54 Å². The molecule has 0 spiro atoms. The number of hydrogen-bond donors (Lipinski definition) is 2. The van der Waals surface area contributed by atoms with E-state index in [-0.39, 0.29) is 21.8 Å². The first-order chi connectivity index (χ1) is 11.5. The maximum Gasteiger partial charge on any atom is 0.266 e. The van der Waals surface area contributed by atoms with Gasteiger partial charge >= 0.3 is 0 Å². The van der Waals surface area contributed by atoms with Crippen LogP contribution < -0.4 is 5.56 Å². The van der Waals surface area contributed by atoms with Gasteiger partial charge < -0.3 is 10.1 Å². The number of aromatic hydroxyl groups is 1. The van der Waals surface area contributed by atoms with Crippen LogP contribution in [-0.4, -0.2) is 32.0 Å². The lowest BCUT2D eigenvalue weighted by atomic mass is 10.1. The molecule has 0 aliphatic carbocycles. The predicted molar refractivity (Wildman–Crippen MR) is 97.6 cm³/mol. The predicted octanol–water partition coefficient (Wildman–Crippen LogP) is 2.30. The Morgan fingerprint density at radius 1 is 1.29 bits per heavy atom. The lowest BCUT2D eigenvalue weighted by Crippen LogP contribution is -2.25. The van der Waals surface area contributed by atoms with Crippen LogP contribution in [0.15, 0.2) is 40.2 Å². The zero-order chi connectivity index (χ0) is 17.3. The number of fused-ring (bicyclic) bond motifs is 1. The average molecular weight is 342 g/mol. The van der Waals surface area contributed by atoms with E-state index < -0.39 is 0 Å². The number of aromatic nitrogens is 3. The summed E-state index contributed by atoms with van der Waals surface area (Å²) in [5.74, 6) is -0.168. The van der Waals surface area contributed by atoms with Crippen molar-refractivity contribution < 1.29 is 5.11 Å². The maximum absolute atomic E-state index is 12.2. The van der Waals surface area contributed by atoms with Gasteiger partial charge in [-0.2, -0.15) is 0 Å². The Morgan fingerprint density at radius 3 is 2.83 bits per heavy atom. The number of aliphatic imine (C=N–C) groups is 1. The minimum atomic E-state index is -0.355. The molecule has 124 valence electrons. The van der Waals surface area contributed by atoms with Crippen molar-refractivity contribution in [1.82, 2.24) is 14.1 Å². The first kappa shape index (κ1) is 16.2. The summed E-state index contributed by atoms with van der Waals surface area (Å²) in [5, 5.41) is 11.3. The van der Waals surface area contributed by atoms with Crippen molar-refractivity contribution >= 4 is 29.3 Å². The molecule has 3 rings (SSSR count). The van der Waals surface area contributed by atoms with Crippen LogP contribution in [0.3, 0.4) is 0 Å². The highest BCUT2D eigenvalue weighted by Gasteiger charge is 2.11. The van der Waals surface area contributed by atoms with Crippen LogP contribution in [0.25, 0.3) is 10.9 Å². The summed E-state index contributed by atoms with van der Waals surface area (Å²) in [5.41, 5.74) is 2.06. The molecule has 7 heteroatoms. The fraction of sp³-hybridized carbons (Fsp3) is 0.235. The first-order valence-electron chi connectivity index (χ1n) is 7.54. The molecule has 3 aromatic rings. The highest BCUT2D eigenvalue weighted by Crippen LogP contribution is 2.18. The molecule has 0 amide bonds. The second-order valence-electron chi connectivity index (χ2n) is 5.59. The first-order valence-corrected chi connectivity index (χ1v) is 7.95. The van der Waals surface area contributed by atoms with Crippen molar-refractivity contribution in [2.45, 2.75) is 6.42 Å². The van der Waals surface area contributed by atoms with E-state index >= 15 is 0 Å². The van der Waals surface area contributed by atoms with Crippen LogP contribution in [0.1, 0.15) is 11.1 Å². The number of nitrogens with zero attached hydrogens (tertiary/aromatic N) is 3. The standard InChI is InChI=1S/C17H18N4O2S/c1-20-15(22)13(16(23)21(2)17(20)24)10-18-8-7-11-9-19-14-6-4-3-5-12(11)14/h3-6,9-10,19,22H,7-8H2,1-2H3. The minimum absolute atomic E-state index is 0.146. The Bertz CT molecular complexity index is 1040. The van der Waals surface area contributed by atoms with Crippen molar-refractivity contribution in [2.24, 2.45) is 19.1 Å². The van der Waals surface area contributed by atoms with Gasteiger partial charge in [0.05, 0.1) is 0 Å². The lowest BCUT2D eigenvalue weighted by Gasteiger charge is -2.08. The highest BCUT2D eigenvalue weighted by atomic mass is 32.1. The number of benzene rings is 1. The van der Waals surface area contributed by atoms with Crippen molar-refractivity contribution in [3.8, 4) is 5.88 Å². The summed E-state index contributed by atoms with van der Waals surface area (Å²) in [6.07, 6.45) is 4.14. The van der Waals surface area contributed by atoms with Crippen LogP contribution in [0.5, 0.6) is 5.88 Å². The molecule has 0 radical (unpaired) electrons. The molecular formula is C17H18N4O2S. The Labute approximate surface area is 143 Å². The fourth-order valence-corrected chi connectivity index (χ4v) is 2.82. The number of nitrogens with one attached hydrogen (secondary N) is 1. The molecule has 0 fully saturated rings. The number of H-pyrrole nitrogens is 1. The van der Waals surface area contributed by atoms with Gasteiger partial charge in [-0.3, -0.25) is 18.9 Å². The fourth-order valence-electron chi connectivity index (χ4n) is 2.65. The van der Waals surface area contributed by atoms with E-state index in [9.17, 15) is 9.90 Å². The van der Waals surface area contributed by atoms with Crippen LogP contribution in [0, 0.1) is 4.77 Å². The molecule has 0 atom stereocenters. The molecule has 2 aromatic heterocycles. The van der Waals surface area contributed by atoms with Gasteiger partial charge in [0.1, 0.15) is 5.56 Å². The van der Waals surface area contributed by atoms with Crippen LogP contribution in [0.4, 0.5) is 0 Å². The second kappa shape index (κ2) is 6.45. The molecule has 0 saturated carbocycles. The normalized spacial score (nSPS) is 11.6. The van der Waals surface area contributed by atoms with Gasteiger partial charge in [-0.15, -0.1) is 0 Å². The van der Waals surface area contributed by atoms with Crippen molar-refractivity contribution in [3.05, 3.63) is 56.7 Å². The molecule has 0 saturated heterocycles. The molecule has 0 bridgehead atoms. The Hall–Kier alpha value is -2.67. The van der Waals surface area contributed by atoms with Crippen molar-refractivity contribution in [3.63, 3.8) is 0 Å². The van der Waals surface area contributed by atoms with E-state index in [4.69, 9.17) is 12.2 Å². The number of hydrogen-bond acceptors (Lipinski definition) is 4. The third-order valence-electron chi connectivity index (χ3n) is 4.07. The number of aromatic amines is 1. The topological polar surface area (TPSA) is 75.3 Å². The van der Waals surface area contributed by atoms with E-state index in [1.165, 1.54) is 26.3 Å². The van der Waals surface area contributed by atoms with Gasteiger partial charge in [0.15, 0.2) is 4.77 Å². The number of para-hydroxylation sites is 1. The molecule has 1 aromatic carbocycles. The third kappa shape index (κ3) is 2.78. The number of rotatable bonds is 4. The summed E-state index contributed by atoms with van der Waals surface area (Å²) in [6, 6.07) is 8.08. The molecule has 2 heterocycles. The molecule has 0 aliphatic rings. The zero-order valence-electron chi connectivity index (χ0n) is 13.5. The second-order valence-corrected chi connectivity index (χ2v) is 5.95. The summed E-state index contributed by atoms with van der Waals surface area (Å²) in [4.78, 5) is 19.7. The van der Waals surface area contributed by atoms with Crippen LogP contribution in [-0.2, 0) is 20.5 Å². The lowest BCUT2D eigenvalue weighted by molar-refractivity contribution is 0.415. The molecule has 2 N–H and O–H groups in total. The van der Waals surface area contributed by atoms with Gasteiger partial charge in [0.2, 0.25) is 5.88 Å². The Balaban J connectivity index is 1.81. The van der Waals surface area contributed by atoms with Gasteiger partial charge in [0.25, 0.3) is 5.56 Å². The highest BCUT2D eigenvalue weighted by molar-refractivity contribution is 7.71. The van der Waals surface area contributed by atoms with Gasteiger partial charge in [-0.25, -0.2) is 0 Å². The van der Waals surface area contributed by atoms with Crippen LogP contribution >= 0.6 is 12.2 Å². The SMILES string of the molecule is Cn1c(O)c(C=NCCc2c[nH]c3ccccc23)c(=O)n(C)c1=S. The Kier molecular flexibility index (Phi) is 4.35.